The van der Waals surface area contributed by atoms with Gasteiger partial charge in [-0.25, -0.2) is 4.79 Å². The van der Waals surface area contributed by atoms with E-state index in [4.69, 9.17) is 4.74 Å². The molecule has 0 bridgehead atoms. The van der Waals surface area contributed by atoms with Gasteiger partial charge in [0, 0.05) is 0 Å². The van der Waals surface area contributed by atoms with E-state index in [1.54, 1.807) is 20.8 Å². The van der Waals surface area contributed by atoms with Gasteiger partial charge in [0.1, 0.15) is 12.7 Å². The average Bonchev–Trinajstić information content (AvgIpc) is 2.24. The van der Waals surface area contributed by atoms with E-state index in [2.05, 4.69) is 4.74 Å². The molecule has 0 heterocycles. The molecule has 0 N–H and O–H groups in total. The first-order valence-electron chi connectivity index (χ1n) is 5.45. The van der Waals surface area contributed by atoms with Gasteiger partial charge in [0.05, 0.1) is 5.41 Å². The molecule has 0 aliphatic rings. The van der Waals surface area contributed by atoms with E-state index in [0.29, 0.717) is 6.42 Å². The highest BCUT2D eigenvalue weighted by Gasteiger charge is 2.42. The third-order valence-corrected chi connectivity index (χ3v) is 2.43. The summed E-state index contributed by atoms with van der Waals surface area (Å²) >= 11 is 0. The van der Waals surface area contributed by atoms with Crippen LogP contribution in [0.1, 0.15) is 34.1 Å². The van der Waals surface area contributed by atoms with E-state index in [9.17, 15) is 22.8 Å². The van der Waals surface area contributed by atoms with Crippen molar-refractivity contribution in [1.29, 1.82) is 0 Å². The second-order valence-corrected chi connectivity index (χ2v) is 4.55. The molecule has 18 heavy (non-hydrogen) atoms. The quantitative estimate of drug-likeness (QED) is 0.720. The highest BCUT2D eigenvalue weighted by molar-refractivity contribution is 5.76. The summed E-state index contributed by atoms with van der Waals surface area (Å²) in [6.45, 7) is 5.91. The van der Waals surface area contributed by atoms with Crippen molar-refractivity contribution in [2.45, 2.75) is 46.4 Å². The van der Waals surface area contributed by atoms with Crippen LogP contribution in [0.5, 0.6) is 0 Å². The fourth-order valence-corrected chi connectivity index (χ4v) is 0.816. The van der Waals surface area contributed by atoms with E-state index < -0.39 is 36.2 Å². The Morgan fingerprint density at radius 2 is 1.67 bits per heavy atom. The van der Waals surface area contributed by atoms with Gasteiger partial charge in [0.2, 0.25) is 0 Å². The van der Waals surface area contributed by atoms with Crippen molar-refractivity contribution in [1.82, 2.24) is 0 Å². The molecule has 106 valence electrons. The van der Waals surface area contributed by atoms with Crippen LogP contribution in [0.4, 0.5) is 13.2 Å². The SMILES string of the molecule is CCC(C)(C)C(=O)OCC(C)OC(=O)C(F)(F)F. The van der Waals surface area contributed by atoms with E-state index >= 15 is 0 Å². The highest BCUT2D eigenvalue weighted by Crippen LogP contribution is 2.22. The molecule has 0 spiro atoms. The van der Waals surface area contributed by atoms with Crippen LogP contribution in [0.3, 0.4) is 0 Å². The Labute approximate surface area is 103 Å². The summed E-state index contributed by atoms with van der Waals surface area (Å²) in [7, 11) is 0. The molecule has 0 aliphatic carbocycles. The minimum Gasteiger partial charge on any atom is -0.461 e. The van der Waals surface area contributed by atoms with Crippen molar-refractivity contribution < 1.29 is 32.2 Å². The Kier molecular flexibility index (Phi) is 5.63. The van der Waals surface area contributed by atoms with Crippen LogP contribution < -0.4 is 0 Å². The number of carbonyl (C=O) groups is 2. The molecule has 0 fully saturated rings. The van der Waals surface area contributed by atoms with Crippen molar-refractivity contribution in [2.75, 3.05) is 6.61 Å². The van der Waals surface area contributed by atoms with Gasteiger partial charge in [0.15, 0.2) is 0 Å². The smallest absolute Gasteiger partial charge is 0.461 e. The van der Waals surface area contributed by atoms with E-state index in [-0.39, 0.29) is 0 Å². The zero-order valence-electron chi connectivity index (χ0n) is 10.8. The Morgan fingerprint density at radius 3 is 2.06 bits per heavy atom. The molecule has 1 unspecified atom stereocenters. The molecule has 7 heteroatoms. The maximum absolute atomic E-state index is 11.9. The third-order valence-electron chi connectivity index (χ3n) is 2.43. The minimum absolute atomic E-state index is 0.399. The third kappa shape index (κ3) is 5.37. The first-order valence-corrected chi connectivity index (χ1v) is 5.45. The van der Waals surface area contributed by atoms with E-state index in [0.717, 1.165) is 0 Å². The number of rotatable bonds is 5. The molecule has 0 aromatic heterocycles. The van der Waals surface area contributed by atoms with Gasteiger partial charge < -0.3 is 9.47 Å². The zero-order chi connectivity index (χ0) is 14.6. The lowest BCUT2D eigenvalue weighted by Gasteiger charge is -2.22. The standard InChI is InChI=1S/C11H17F3O4/c1-5-10(3,4)8(15)17-6-7(2)18-9(16)11(12,13)14/h7H,5-6H2,1-4H3. The van der Waals surface area contributed by atoms with Gasteiger partial charge in [-0.1, -0.05) is 6.92 Å². The predicted molar refractivity (Wildman–Crippen MR) is 56.6 cm³/mol. The van der Waals surface area contributed by atoms with Crippen LogP contribution >= 0.6 is 0 Å². The maximum atomic E-state index is 11.9. The van der Waals surface area contributed by atoms with Crippen LogP contribution in [-0.4, -0.2) is 30.8 Å². The number of carbonyl (C=O) groups excluding carboxylic acids is 2. The summed E-state index contributed by atoms with van der Waals surface area (Å²) in [6, 6.07) is 0. The fraction of sp³-hybridized carbons (Fsp3) is 0.818. The van der Waals surface area contributed by atoms with Gasteiger partial charge in [-0.3, -0.25) is 4.79 Å². The Hall–Kier alpha value is -1.27. The topological polar surface area (TPSA) is 52.6 Å². The minimum atomic E-state index is -5.04. The second-order valence-electron chi connectivity index (χ2n) is 4.55. The summed E-state index contributed by atoms with van der Waals surface area (Å²) in [6.07, 6.45) is -5.65. The van der Waals surface area contributed by atoms with Crippen molar-refractivity contribution in [2.24, 2.45) is 5.41 Å². The first kappa shape index (κ1) is 16.7. The molecule has 0 radical (unpaired) electrons. The van der Waals surface area contributed by atoms with Gasteiger partial charge in [-0.15, -0.1) is 0 Å². The summed E-state index contributed by atoms with van der Waals surface area (Å²) in [5.74, 6) is -2.83. The number of esters is 2. The normalized spacial score (nSPS) is 13.9. The first-order chi connectivity index (χ1) is 8.00. The molecule has 0 rings (SSSR count). The van der Waals surface area contributed by atoms with Gasteiger partial charge in [-0.05, 0) is 27.2 Å². The molecular formula is C11H17F3O4. The van der Waals surface area contributed by atoms with Crippen molar-refractivity contribution in [3.8, 4) is 0 Å². The van der Waals surface area contributed by atoms with Crippen LogP contribution in [0.2, 0.25) is 0 Å². The number of ether oxygens (including phenoxy) is 2. The largest absolute Gasteiger partial charge is 0.490 e. The maximum Gasteiger partial charge on any atom is 0.490 e. The van der Waals surface area contributed by atoms with Crippen molar-refractivity contribution >= 4 is 11.9 Å². The van der Waals surface area contributed by atoms with E-state index in [1.807, 2.05) is 0 Å². The molecular weight excluding hydrogens is 253 g/mol. The highest BCUT2D eigenvalue weighted by atomic mass is 19.4. The van der Waals surface area contributed by atoms with Gasteiger partial charge in [-0.2, -0.15) is 13.2 Å². The summed E-state index contributed by atoms with van der Waals surface area (Å²) < 4.78 is 44.5. The molecule has 0 saturated carbocycles. The average molecular weight is 270 g/mol. The molecule has 0 aliphatic heterocycles. The Balaban J connectivity index is 4.17. The van der Waals surface area contributed by atoms with Crippen LogP contribution in [0.15, 0.2) is 0 Å². The lowest BCUT2D eigenvalue weighted by atomic mass is 9.91. The van der Waals surface area contributed by atoms with Crippen molar-refractivity contribution in [3.63, 3.8) is 0 Å². The molecule has 0 saturated heterocycles. The Bertz CT molecular complexity index is 310. The van der Waals surface area contributed by atoms with E-state index in [1.165, 1.54) is 6.92 Å². The summed E-state index contributed by atoms with van der Waals surface area (Å²) in [4.78, 5) is 22.0. The lowest BCUT2D eigenvalue weighted by Crippen LogP contribution is -2.33. The van der Waals surface area contributed by atoms with Gasteiger partial charge in [0.25, 0.3) is 0 Å². The molecule has 1 atom stereocenters. The van der Waals surface area contributed by atoms with Crippen molar-refractivity contribution in [3.05, 3.63) is 0 Å². The number of hydrogen-bond donors (Lipinski definition) is 0. The lowest BCUT2D eigenvalue weighted by molar-refractivity contribution is -0.206. The monoisotopic (exact) mass is 270 g/mol. The summed E-state index contributed by atoms with van der Waals surface area (Å²) in [5, 5.41) is 0. The van der Waals surface area contributed by atoms with Crippen LogP contribution in [-0.2, 0) is 19.1 Å². The Morgan fingerprint density at radius 1 is 1.17 bits per heavy atom. The number of alkyl halides is 3. The molecule has 0 aromatic carbocycles. The zero-order valence-corrected chi connectivity index (χ0v) is 10.8. The molecule has 0 aromatic rings. The number of halogens is 3. The predicted octanol–water partition coefficient (Wildman–Crippen LogP) is 2.46. The fourth-order valence-electron chi connectivity index (χ4n) is 0.816. The second kappa shape index (κ2) is 6.06. The van der Waals surface area contributed by atoms with Crippen LogP contribution in [0.25, 0.3) is 0 Å². The van der Waals surface area contributed by atoms with Gasteiger partial charge >= 0.3 is 18.1 Å². The summed E-state index contributed by atoms with van der Waals surface area (Å²) in [5.41, 5.74) is -0.715. The molecule has 0 amide bonds. The number of hydrogen-bond acceptors (Lipinski definition) is 4. The van der Waals surface area contributed by atoms with Crippen LogP contribution in [0, 0.1) is 5.41 Å². The molecule has 4 nitrogen and oxygen atoms in total.